The van der Waals surface area contributed by atoms with E-state index in [1.54, 1.807) is 0 Å². The van der Waals surface area contributed by atoms with E-state index in [1.165, 1.54) is 6.92 Å². The lowest BCUT2D eigenvalue weighted by molar-refractivity contribution is -0.330. The Bertz CT molecular complexity index is 560. The molecule has 0 bridgehead atoms. The summed E-state index contributed by atoms with van der Waals surface area (Å²) in [4.78, 5) is -2.40. The minimum absolute atomic E-state index is 0.531. The van der Waals surface area contributed by atoms with E-state index in [0.29, 0.717) is 6.08 Å². The highest BCUT2D eigenvalue weighted by Gasteiger charge is 2.74. The molecule has 0 aromatic heterocycles. The first-order valence-electron chi connectivity index (χ1n) is 5.78. The number of halogens is 12. The van der Waals surface area contributed by atoms with Gasteiger partial charge in [0, 0.05) is 20.1 Å². The second-order valence-electron chi connectivity index (χ2n) is 4.68. The Morgan fingerprint density at radius 1 is 0.958 bits per heavy atom. The number of thioether (sulfide) groups is 1. The van der Waals surface area contributed by atoms with Crippen LogP contribution in [0.1, 0.15) is 6.92 Å². The molecule has 0 amide bonds. The SMILES string of the molecule is CC1C(Br)=C(C(F)(F)F)C(SC(F)(F)C(F)(F)C(F)(F)F)=CC1Br. The molecule has 0 heterocycles. The molecule has 0 fully saturated rings. The molecule has 2 unspecified atom stereocenters. The van der Waals surface area contributed by atoms with Gasteiger partial charge in [-0.05, 0) is 11.8 Å². The number of allylic oxidation sites excluding steroid dienone is 3. The Labute approximate surface area is 150 Å². The Balaban J connectivity index is 3.37. The molecule has 1 aliphatic carbocycles. The van der Waals surface area contributed by atoms with Crippen LogP contribution in [-0.4, -0.2) is 28.4 Å². The Morgan fingerprint density at radius 2 is 1.42 bits per heavy atom. The normalized spacial score (nSPS) is 24.3. The fourth-order valence-electron chi connectivity index (χ4n) is 1.58. The highest BCUT2D eigenvalue weighted by Crippen LogP contribution is 2.58. The van der Waals surface area contributed by atoms with Crippen LogP contribution in [0.15, 0.2) is 21.0 Å². The third-order valence-electron chi connectivity index (χ3n) is 2.92. The molecule has 0 aromatic rings. The first kappa shape index (κ1) is 22.1. The van der Waals surface area contributed by atoms with Gasteiger partial charge in [-0.25, -0.2) is 0 Å². The van der Waals surface area contributed by atoms with Crippen LogP contribution in [0.25, 0.3) is 0 Å². The van der Waals surface area contributed by atoms with Crippen molar-refractivity contribution < 1.29 is 43.9 Å². The van der Waals surface area contributed by atoms with Crippen molar-refractivity contribution in [1.29, 1.82) is 0 Å². The van der Waals surface area contributed by atoms with E-state index in [0.717, 1.165) is 0 Å². The van der Waals surface area contributed by atoms with Gasteiger partial charge in [-0.3, -0.25) is 0 Å². The monoisotopic (exact) mass is 518 g/mol. The topological polar surface area (TPSA) is 0 Å². The molecule has 1 rings (SSSR count). The van der Waals surface area contributed by atoms with Gasteiger partial charge in [0.25, 0.3) is 0 Å². The number of alkyl halides is 11. The standard InChI is InChI=1S/C11H6Br2F10S/c1-3-4(12)2-5(6(7(3)13)8(14,15)16)24-11(22,23)9(17,18)10(19,20)21/h2-4H,1H3. The van der Waals surface area contributed by atoms with Gasteiger partial charge < -0.3 is 0 Å². The summed E-state index contributed by atoms with van der Waals surface area (Å²) in [5, 5.41) is -5.84. The second-order valence-corrected chi connectivity index (χ2v) is 7.74. The van der Waals surface area contributed by atoms with Crippen LogP contribution in [0.5, 0.6) is 0 Å². The zero-order chi connectivity index (χ0) is 19.3. The van der Waals surface area contributed by atoms with E-state index >= 15 is 0 Å². The van der Waals surface area contributed by atoms with E-state index in [2.05, 4.69) is 31.9 Å². The molecule has 0 aromatic carbocycles. The van der Waals surface area contributed by atoms with E-state index in [1.807, 2.05) is 0 Å². The summed E-state index contributed by atoms with van der Waals surface area (Å²) in [6, 6.07) is 0. The molecule has 0 saturated heterocycles. The molecule has 2 atom stereocenters. The highest BCUT2D eigenvalue weighted by atomic mass is 79.9. The zero-order valence-electron chi connectivity index (χ0n) is 11.2. The average Bonchev–Trinajstić information content (AvgIpc) is 2.32. The summed E-state index contributed by atoms with van der Waals surface area (Å²) in [6.45, 7) is 1.27. The van der Waals surface area contributed by atoms with Crippen LogP contribution in [0, 0.1) is 5.92 Å². The molecule has 0 spiro atoms. The van der Waals surface area contributed by atoms with Gasteiger partial charge in [0.15, 0.2) is 0 Å². The Kier molecular flexibility index (Phi) is 6.15. The van der Waals surface area contributed by atoms with Crippen LogP contribution < -0.4 is 0 Å². The quantitative estimate of drug-likeness (QED) is 0.285. The third-order valence-corrected chi connectivity index (χ3v) is 6.17. The van der Waals surface area contributed by atoms with Crippen LogP contribution in [-0.2, 0) is 0 Å². The van der Waals surface area contributed by atoms with Crippen molar-refractivity contribution in [3.05, 3.63) is 21.0 Å². The summed E-state index contributed by atoms with van der Waals surface area (Å²) in [7, 11) is 0. The van der Waals surface area contributed by atoms with Gasteiger partial charge in [0.2, 0.25) is 0 Å². The smallest absolute Gasteiger partial charge is 0.188 e. The minimum Gasteiger partial charge on any atom is -0.188 e. The fraction of sp³-hybridized carbons (Fsp3) is 0.636. The van der Waals surface area contributed by atoms with Gasteiger partial charge in [0.05, 0.1) is 5.57 Å². The predicted octanol–water partition coefficient (Wildman–Crippen LogP) is 7.02. The van der Waals surface area contributed by atoms with Crippen LogP contribution in [0.3, 0.4) is 0 Å². The first-order valence-corrected chi connectivity index (χ1v) is 8.30. The Morgan fingerprint density at radius 3 is 1.79 bits per heavy atom. The van der Waals surface area contributed by atoms with Crippen molar-refractivity contribution in [3.8, 4) is 0 Å². The third kappa shape index (κ3) is 4.08. The van der Waals surface area contributed by atoms with E-state index in [9.17, 15) is 43.9 Å². The van der Waals surface area contributed by atoms with Gasteiger partial charge in [-0.2, -0.15) is 43.9 Å². The van der Waals surface area contributed by atoms with Crippen molar-refractivity contribution in [1.82, 2.24) is 0 Å². The number of hydrogen-bond acceptors (Lipinski definition) is 1. The van der Waals surface area contributed by atoms with Crippen molar-refractivity contribution >= 4 is 43.6 Å². The number of hydrogen-bond donors (Lipinski definition) is 0. The Hall–Kier alpha value is 0.0900. The largest absolute Gasteiger partial charge is 0.460 e. The van der Waals surface area contributed by atoms with Crippen molar-refractivity contribution in [2.24, 2.45) is 5.92 Å². The zero-order valence-corrected chi connectivity index (χ0v) is 15.2. The first-order chi connectivity index (χ1) is 10.4. The maximum Gasteiger partial charge on any atom is 0.460 e. The molecular formula is C11H6Br2F10S. The lowest BCUT2D eigenvalue weighted by Crippen LogP contribution is -2.50. The summed E-state index contributed by atoms with van der Waals surface area (Å²) >= 11 is 3.93. The predicted molar refractivity (Wildman–Crippen MR) is 75.5 cm³/mol. The van der Waals surface area contributed by atoms with Crippen LogP contribution in [0.2, 0.25) is 0 Å². The number of rotatable bonds is 3. The molecule has 24 heavy (non-hydrogen) atoms. The molecule has 0 aliphatic heterocycles. The lowest BCUT2D eigenvalue weighted by Gasteiger charge is -2.32. The van der Waals surface area contributed by atoms with Crippen LogP contribution in [0.4, 0.5) is 43.9 Å². The maximum absolute atomic E-state index is 13.4. The van der Waals surface area contributed by atoms with Gasteiger partial charge >= 0.3 is 23.5 Å². The van der Waals surface area contributed by atoms with Crippen molar-refractivity contribution in [2.45, 2.75) is 35.3 Å². The van der Waals surface area contributed by atoms with Crippen LogP contribution >= 0.6 is 43.6 Å². The molecule has 0 saturated carbocycles. The molecule has 13 heteroatoms. The fourth-order valence-corrected chi connectivity index (χ4v) is 4.56. The van der Waals surface area contributed by atoms with Crippen molar-refractivity contribution in [2.75, 3.05) is 0 Å². The maximum atomic E-state index is 13.4. The second kappa shape index (κ2) is 6.67. The average molecular weight is 520 g/mol. The minimum atomic E-state index is -6.63. The summed E-state index contributed by atoms with van der Waals surface area (Å²) in [6.07, 6.45) is -11.3. The van der Waals surface area contributed by atoms with Gasteiger partial charge in [-0.15, -0.1) is 0 Å². The molecule has 0 radical (unpaired) electrons. The van der Waals surface area contributed by atoms with E-state index < -0.39 is 61.0 Å². The molecule has 1 aliphatic rings. The lowest BCUT2D eigenvalue weighted by atomic mass is 9.97. The van der Waals surface area contributed by atoms with Gasteiger partial charge in [0.1, 0.15) is 0 Å². The van der Waals surface area contributed by atoms with E-state index in [-0.39, 0.29) is 0 Å². The molecule has 140 valence electrons. The molecule has 0 nitrogen and oxygen atoms in total. The van der Waals surface area contributed by atoms with E-state index in [4.69, 9.17) is 0 Å². The highest BCUT2D eigenvalue weighted by molar-refractivity contribution is 9.12. The summed E-state index contributed by atoms with van der Waals surface area (Å²) in [5.41, 5.74) is -1.71. The molecule has 0 N–H and O–H groups in total. The summed E-state index contributed by atoms with van der Waals surface area (Å²) in [5.74, 6) is -7.41. The van der Waals surface area contributed by atoms with Gasteiger partial charge in [-0.1, -0.05) is 44.9 Å². The van der Waals surface area contributed by atoms with Crippen molar-refractivity contribution in [3.63, 3.8) is 0 Å². The molecular weight excluding hydrogens is 514 g/mol. The summed E-state index contributed by atoms with van der Waals surface area (Å²) < 4.78 is 128.